The molecule has 0 spiro atoms. The fourth-order valence-electron chi connectivity index (χ4n) is 1.70. The highest BCUT2D eigenvalue weighted by molar-refractivity contribution is 7.10. The molecule has 1 aliphatic rings. The van der Waals surface area contributed by atoms with Gasteiger partial charge in [-0.15, -0.1) is 11.3 Å². The van der Waals surface area contributed by atoms with E-state index in [1.54, 1.807) is 0 Å². The van der Waals surface area contributed by atoms with Crippen molar-refractivity contribution in [3.63, 3.8) is 0 Å². The molecule has 0 aromatic carbocycles. The highest BCUT2D eigenvalue weighted by Crippen LogP contribution is 2.17. The van der Waals surface area contributed by atoms with Crippen LogP contribution in [0.4, 0.5) is 0 Å². The first-order valence-corrected chi connectivity index (χ1v) is 6.10. The molecule has 2 rings (SSSR count). The van der Waals surface area contributed by atoms with Crippen LogP contribution in [-0.2, 0) is 13.0 Å². The SMILES string of the molecule is CCc1ccsc1CNC1=NCCC1. The zero-order valence-electron chi connectivity index (χ0n) is 8.55. The van der Waals surface area contributed by atoms with E-state index in [0.29, 0.717) is 0 Å². The van der Waals surface area contributed by atoms with Crippen molar-refractivity contribution in [3.8, 4) is 0 Å². The average Bonchev–Trinajstić information content (AvgIpc) is 2.85. The van der Waals surface area contributed by atoms with Gasteiger partial charge < -0.3 is 5.32 Å². The number of amidine groups is 1. The van der Waals surface area contributed by atoms with Gasteiger partial charge in [-0.1, -0.05) is 6.92 Å². The van der Waals surface area contributed by atoms with E-state index in [9.17, 15) is 0 Å². The summed E-state index contributed by atoms with van der Waals surface area (Å²) < 4.78 is 0. The van der Waals surface area contributed by atoms with Crippen LogP contribution < -0.4 is 5.32 Å². The van der Waals surface area contributed by atoms with E-state index >= 15 is 0 Å². The minimum Gasteiger partial charge on any atom is -0.369 e. The number of hydrogen-bond acceptors (Lipinski definition) is 3. The van der Waals surface area contributed by atoms with Gasteiger partial charge in [0.1, 0.15) is 0 Å². The molecule has 0 fully saturated rings. The molecule has 0 aliphatic carbocycles. The van der Waals surface area contributed by atoms with Crippen LogP contribution in [-0.4, -0.2) is 12.4 Å². The molecular formula is C11H16N2S. The summed E-state index contributed by atoms with van der Waals surface area (Å²) in [5.41, 5.74) is 1.47. The van der Waals surface area contributed by atoms with Crippen molar-refractivity contribution in [2.75, 3.05) is 6.54 Å². The molecule has 0 amide bonds. The largest absolute Gasteiger partial charge is 0.369 e. The van der Waals surface area contributed by atoms with Gasteiger partial charge in [0.2, 0.25) is 0 Å². The molecule has 76 valence electrons. The number of nitrogens with one attached hydrogen (secondary N) is 1. The molecule has 14 heavy (non-hydrogen) atoms. The lowest BCUT2D eigenvalue weighted by molar-refractivity contribution is 0.889. The van der Waals surface area contributed by atoms with Gasteiger partial charge >= 0.3 is 0 Å². The molecule has 1 aromatic rings. The Hall–Kier alpha value is -0.830. The quantitative estimate of drug-likeness (QED) is 0.811. The van der Waals surface area contributed by atoms with Gasteiger partial charge in [0.05, 0.1) is 12.4 Å². The Labute approximate surface area is 89.1 Å². The predicted molar refractivity (Wildman–Crippen MR) is 62.1 cm³/mol. The summed E-state index contributed by atoms with van der Waals surface area (Å²) in [6.45, 7) is 4.17. The third-order valence-corrected chi connectivity index (χ3v) is 3.51. The van der Waals surface area contributed by atoms with Crippen LogP contribution in [0.1, 0.15) is 30.2 Å². The third-order valence-electron chi connectivity index (χ3n) is 2.55. The van der Waals surface area contributed by atoms with Crippen molar-refractivity contribution in [1.82, 2.24) is 5.32 Å². The zero-order valence-corrected chi connectivity index (χ0v) is 9.36. The molecule has 3 heteroatoms. The smallest absolute Gasteiger partial charge is 0.0966 e. The van der Waals surface area contributed by atoms with Gasteiger partial charge in [0, 0.05) is 17.8 Å². The molecule has 1 aromatic heterocycles. The zero-order chi connectivity index (χ0) is 9.80. The number of rotatable bonds is 3. The molecule has 0 atom stereocenters. The number of nitrogens with zero attached hydrogens (tertiary/aromatic N) is 1. The van der Waals surface area contributed by atoms with Crippen LogP contribution >= 0.6 is 11.3 Å². The van der Waals surface area contributed by atoms with Gasteiger partial charge in [0.25, 0.3) is 0 Å². The van der Waals surface area contributed by atoms with E-state index in [-0.39, 0.29) is 0 Å². The summed E-state index contributed by atoms with van der Waals surface area (Å²) in [4.78, 5) is 5.86. The van der Waals surface area contributed by atoms with Crippen LogP contribution in [0.25, 0.3) is 0 Å². The molecule has 0 saturated carbocycles. The second-order valence-electron chi connectivity index (χ2n) is 3.51. The van der Waals surface area contributed by atoms with E-state index < -0.39 is 0 Å². The van der Waals surface area contributed by atoms with Crippen molar-refractivity contribution < 1.29 is 0 Å². The highest BCUT2D eigenvalue weighted by atomic mass is 32.1. The Morgan fingerprint density at radius 3 is 3.21 bits per heavy atom. The maximum Gasteiger partial charge on any atom is 0.0966 e. The van der Waals surface area contributed by atoms with E-state index in [1.165, 1.54) is 22.7 Å². The van der Waals surface area contributed by atoms with Crippen LogP contribution in [0.15, 0.2) is 16.4 Å². The van der Waals surface area contributed by atoms with Crippen LogP contribution in [0, 0.1) is 0 Å². The maximum atomic E-state index is 4.40. The lowest BCUT2D eigenvalue weighted by Gasteiger charge is -2.05. The Bertz CT molecular complexity index is 328. The Morgan fingerprint density at radius 2 is 2.50 bits per heavy atom. The van der Waals surface area contributed by atoms with Gasteiger partial charge in [0.15, 0.2) is 0 Å². The molecule has 1 aliphatic heterocycles. The van der Waals surface area contributed by atoms with Gasteiger partial charge in [-0.3, -0.25) is 4.99 Å². The number of hydrogen-bond donors (Lipinski definition) is 1. The maximum absolute atomic E-state index is 4.40. The van der Waals surface area contributed by atoms with Gasteiger partial charge in [-0.25, -0.2) is 0 Å². The van der Waals surface area contributed by atoms with Crippen LogP contribution in [0.3, 0.4) is 0 Å². The molecule has 0 bridgehead atoms. The molecule has 0 radical (unpaired) electrons. The molecule has 2 heterocycles. The second kappa shape index (κ2) is 4.60. The summed E-state index contributed by atoms with van der Waals surface area (Å²) in [5.74, 6) is 1.19. The summed E-state index contributed by atoms with van der Waals surface area (Å²) in [6, 6.07) is 2.22. The third kappa shape index (κ3) is 2.15. The molecule has 0 unspecified atom stereocenters. The van der Waals surface area contributed by atoms with Gasteiger partial charge in [-0.2, -0.15) is 0 Å². The van der Waals surface area contributed by atoms with Crippen molar-refractivity contribution in [1.29, 1.82) is 0 Å². The Balaban J connectivity index is 1.91. The Kier molecular flexibility index (Phi) is 3.19. The summed E-state index contributed by atoms with van der Waals surface area (Å²) >= 11 is 1.84. The van der Waals surface area contributed by atoms with Gasteiger partial charge in [-0.05, 0) is 29.9 Å². The molecule has 1 N–H and O–H groups in total. The van der Waals surface area contributed by atoms with Crippen LogP contribution in [0.5, 0.6) is 0 Å². The average molecular weight is 208 g/mol. The van der Waals surface area contributed by atoms with E-state index in [1.807, 2.05) is 11.3 Å². The minimum atomic E-state index is 0.958. The van der Waals surface area contributed by atoms with Crippen molar-refractivity contribution in [2.24, 2.45) is 4.99 Å². The monoisotopic (exact) mass is 208 g/mol. The summed E-state index contributed by atoms with van der Waals surface area (Å²) in [6.07, 6.45) is 3.48. The first-order chi connectivity index (χ1) is 6.90. The lowest BCUT2D eigenvalue weighted by Crippen LogP contribution is -2.20. The first kappa shape index (κ1) is 9.71. The molecular weight excluding hydrogens is 192 g/mol. The number of aryl methyl sites for hydroxylation is 1. The second-order valence-corrected chi connectivity index (χ2v) is 4.51. The number of aliphatic imine (C=N–C) groups is 1. The fourth-order valence-corrected chi connectivity index (χ4v) is 2.62. The van der Waals surface area contributed by atoms with Crippen molar-refractivity contribution in [2.45, 2.75) is 32.7 Å². The Morgan fingerprint density at radius 1 is 1.57 bits per heavy atom. The van der Waals surface area contributed by atoms with Crippen LogP contribution in [0.2, 0.25) is 0 Å². The van der Waals surface area contributed by atoms with Crippen molar-refractivity contribution in [3.05, 3.63) is 21.9 Å². The van der Waals surface area contributed by atoms with E-state index in [2.05, 4.69) is 28.7 Å². The van der Waals surface area contributed by atoms with Crippen molar-refractivity contribution >= 4 is 17.2 Å². The first-order valence-electron chi connectivity index (χ1n) is 5.22. The predicted octanol–water partition coefficient (Wildman–Crippen LogP) is 2.59. The lowest BCUT2D eigenvalue weighted by atomic mass is 10.2. The van der Waals surface area contributed by atoms with E-state index in [4.69, 9.17) is 0 Å². The topological polar surface area (TPSA) is 24.4 Å². The highest BCUT2D eigenvalue weighted by Gasteiger charge is 2.07. The molecule has 0 saturated heterocycles. The number of thiophene rings is 1. The van der Waals surface area contributed by atoms with E-state index in [0.717, 1.165) is 25.9 Å². The summed E-state index contributed by atoms with van der Waals surface area (Å²) in [5, 5.41) is 5.59. The normalized spacial score (nSPS) is 15.6. The molecule has 2 nitrogen and oxygen atoms in total. The summed E-state index contributed by atoms with van der Waals surface area (Å²) in [7, 11) is 0. The minimum absolute atomic E-state index is 0.958. The standard InChI is InChI=1S/C11H16N2S/c1-2-9-5-7-14-10(9)8-13-11-4-3-6-12-11/h5,7H,2-4,6,8H2,1H3,(H,12,13). The fraction of sp³-hybridized carbons (Fsp3) is 0.545.